The average molecular weight is 266 g/mol. The van der Waals surface area contributed by atoms with Crippen LogP contribution in [-0.4, -0.2) is 18.1 Å². The fourth-order valence-electron chi connectivity index (χ4n) is 2.04. The minimum absolute atomic E-state index is 0.245. The Morgan fingerprint density at radius 3 is 2.65 bits per heavy atom. The molecule has 20 heavy (non-hydrogen) atoms. The molecule has 0 bridgehead atoms. The van der Waals surface area contributed by atoms with Crippen LogP contribution in [0.5, 0.6) is 0 Å². The predicted molar refractivity (Wildman–Crippen MR) is 77.4 cm³/mol. The molecule has 0 atom stereocenters. The van der Waals surface area contributed by atoms with E-state index in [1.54, 1.807) is 42.3 Å². The molecule has 0 aliphatic carbocycles. The maximum absolute atomic E-state index is 11.4. The standard InChI is InChI=1S/C16H14N2O2/c1-11-6-7-15(14(8-11)16(19)20)18(2)13-5-3-4-12(9-13)10-17/h3-9H,1-2H3,(H,19,20). The van der Waals surface area contributed by atoms with Gasteiger partial charge in [0.1, 0.15) is 0 Å². The predicted octanol–water partition coefficient (Wildman–Crippen LogP) is 3.33. The van der Waals surface area contributed by atoms with Gasteiger partial charge >= 0.3 is 5.97 Å². The molecule has 0 aliphatic rings. The molecule has 0 radical (unpaired) electrons. The normalized spacial score (nSPS) is 9.85. The van der Waals surface area contributed by atoms with E-state index in [0.29, 0.717) is 11.3 Å². The van der Waals surface area contributed by atoms with Crippen LogP contribution in [0.4, 0.5) is 11.4 Å². The first-order valence-corrected chi connectivity index (χ1v) is 6.11. The second-order valence-corrected chi connectivity index (χ2v) is 4.55. The maximum atomic E-state index is 11.4. The molecule has 0 spiro atoms. The zero-order chi connectivity index (χ0) is 14.7. The van der Waals surface area contributed by atoms with Gasteiger partial charge in [0.05, 0.1) is 22.9 Å². The first-order valence-electron chi connectivity index (χ1n) is 6.11. The number of nitriles is 1. The molecular formula is C16H14N2O2. The van der Waals surface area contributed by atoms with Crippen molar-refractivity contribution in [2.45, 2.75) is 6.92 Å². The van der Waals surface area contributed by atoms with E-state index in [9.17, 15) is 9.90 Å². The highest BCUT2D eigenvalue weighted by molar-refractivity contribution is 5.95. The largest absolute Gasteiger partial charge is 0.478 e. The molecule has 0 saturated heterocycles. The number of carbonyl (C=O) groups is 1. The van der Waals surface area contributed by atoms with Crippen molar-refractivity contribution in [2.24, 2.45) is 0 Å². The summed E-state index contributed by atoms with van der Waals surface area (Å²) < 4.78 is 0. The van der Waals surface area contributed by atoms with E-state index in [0.717, 1.165) is 11.3 Å². The number of aryl methyl sites for hydroxylation is 1. The number of aromatic carboxylic acids is 1. The number of anilines is 2. The summed E-state index contributed by atoms with van der Waals surface area (Å²) in [6, 6.07) is 14.4. The van der Waals surface area contributed by atoms with Crippen LogP contribution in [0.3, 0.4) is 0 Å². The summed E-state index contributed by atoms with van der Waals surface area (Å²) in [6.07, 6.45) is 0. The summed E-state index contributed by atoms with van der Waals surface area (Å²) in [7, 11) is 1.79. The lowest BCUT2D eigenvalue weighted by molar-refractivity contribution is 0.0697. The van der Waals surface area contributed by atoms with E-state index in [-0.39, 0.29) is 5.56 Å². The van der Waals surface area contributed by atoms with Crippen LogP contribution >= 0.6 is 0 Å². The Balaban J connectivity index is 2.50. The molecule has 4 heteroatoms. The van der Waals surface area contributed by atoms with Gasteiger partial charge in [-0.15, -0.1) is 0 Å². The first-order chi connectivity index (χ1) is 9.52. The Kier molecular flexibility index (Phi) is 3.72. The summed E-state index contributed by atoms with van der Waals surface area (Å²) in [4.78, 5) is 13.1. The van der Waals surface area contributed by atoms with Crippen molar-refractivity contribution in [3.8, 4) is 6.07 Å². The molecular weight excluding hydrogens is 252 g/mol. The maximum Gasteiger partial charge on any atom is 0.337 e. The molecule has 2 aromatic carbocycles. The van der Waals surface area contributed by atoms with Crippen LogP contribution in [0.1, 0.15) is 21.5 Å². The van der Waals surface area contributed by atoms with Crippen LogP contribution in [-0.2, 0) is 0 Å². The first kappa shape index (κ1) is 13.6. The molecule has 4 nitrogen and oxygen atoms in total. The molecule has 0 unspecified atom stereocenters. The van der Waals surface area contributed by atoms with E-state index in [1.807, 2.05) is 19.1 Å². The van der Waals surface area contributed by atoms with Gasteiger partial charge in [0.2, 0.25) is 0 Å². The number of benzene rings is 2. The number of carboxylic acids is 1. The van der Waals surface area contributed by atoms with Crippen molar-refractivity contribution in [2.75, 3.05) is 11.9 Å². The van der Waals surface area contributed by atoms with Gasteiger partial charge in [0.15, 0.2) is 0 Å². The summed E-state index contributed by atoms with van der Waals surface area (Å²) >= 11 is 0. The molecule has 1 N–H and O–H groups in total. The molecule has 0 aromatic heterocycles. The quantitative estimate of drug-likeness (QED) is 0.925. The molecule has 0 fully saturated rings. The second kappa shape index (κ2) is 5.45. The smallest absolute Gasteiger partial charge is 0.337 e. The number of hydrogen-bond acceptors (Lipinski definition) is 3. The van der Waals surface area contributed by atoms with Gasteiger partial charge in [-0.25, -0.2) is 4.79 Å². The van der Waals surface area contributed by atoms with Crippen molar-refractivity contribution in [1.82, 2.24) is 0 Å². The Labute approximate surface area is 117 Å². The van der Waals surface area contributed by atoms with Gasteiger partial charge < -0.3 is 10.0 Å². The van der Waals surface area contributed by atoms with Gasteiger partial charge in [-0.1, -0.05) is 17.7 Å². The number of rotatable bonds is 3. The van der Waals surface area contributed by atoms with Crippen molar-refractivity contribution in [3.05, 3.63) is 59.2 Å². The fourth-order valence-corrected chi connectivity index (χ4v) is 2.04. The Bertz CT molecular complexity index is 702. The highest BCUT2D eigenvalue weighted by atomic mass is 16.4. The van der Waals surface area contributed by atoms with Crippen LogP contribution < -0.4 is 4.90 Å². The van der Waals surface area contributed by atoms with Crippen LogP contribution in [0.15, 0.2) is 42.5 Å². The van der Waals surface area contributed by atoms with Crippen molar-refractivity contribution >= 4 is 17.3 Å². The fraction of sp³-hybridized carbons (Fsp3) is 0.125. The lowest BCUT2D eigenvalue weighted by atomic mass is 10.1. The van der Waals surface area contributed by atoms with E-state index in [1.165, 1.54) is 0 Å². The molecule has 2 rings (SSSR count). The molecule has 0 amide bonds. The molecule has 0 saturated carbocycles. The van der Waals surface area contributed by atoms with E-state index < -0.39 is 5.97 Å². The number of nitrogens with zero attached hydrogens (tertiary/aromatic N) is 2. The summed E-state index contributed by atoms with van der Waals surface area (Å²) in [6.45, 7) is 1.85. The molecule has 0 aliphatic heterocycles. The summed E-state index contributed by atoms with van der Waals surface area (Å²) in [5.41, 5.74) is 3.05. The van der Waals surface area contributed by atoms with Crippen LogP contribution in [0.2, 0.25) is 0 Å². The van der Waals surface area contributed by atoms with Gasteiger partial charge in [-0.2, -0.15) is 5.26 Å². The van der Waals surface area contributed by atoms with Crippen molar-refractivity contribution in [3.63, 3.8) is 0 Å². The monoisotopic (exact) mass is 266 g/mol. The average Bonchev–Trinajstić information content (AvgIpc) is 2.46. The van der Waals surface area contributed by atoms with Gasteiger partial charge in [0.25, 0.3) is 0 Å². The third-order valence-corrected chi connectivity index (χ3v) is 3.11. The Hall–Kier alpha value is -2.80. The van der Waals surface area contributed by atoms with E-state index >= 15 is 0 Å². The second-order valence-electron chi connectivity index (χ2n) is 4.55. The van der Waals surface area contributed by atoms with E-state index in [4.69, 9.17) is 5.26 Å². The lowest BCUT2D eigenvalue weighted by Crippen LogP contribution is -2.14. The minimum atomic E-state index is -0.966. The SMILES string of the molecule is Cc1ccc(N(C)c2cccc(C#N)c2)c(C(=O)O)c1. The van der Waals surface area contributed by atoms with Crippen molar-refractivity contribution < 1.29 is 9.90 Å². The summed E-state index contributed by atoms with van der Waals surface area (Å²) in [5.74, 6) is -0.966. The van der Waals surface area contributed by atoms with Crippen LogP contribution in [0.25, 0.3) is 0 Å². The Morgan fingerprint density at radius 2 is 2.00 bits per heavy atom. The zero-order valence-electron chi connectivity index (χ0n) is 11.3. The van der Waals surface area contributed by atoms with Gasteiger partial charge in [-0.3, -0.25) is 0 Å². The lowest BCUT2D eigenvalue weighted by Gasteiger charge is -2.22. The highest BCUT2D eigenvalue weighted by Crippen LogP contribution is 2.28. The number of hydrogen-bond donors (Lipinski definition) is 1. The van der Waals surface area contributed by atoms with E-state index in [2.05, 4.69) is 6.07 Å². The summed E-state index contributed by atoms with van der Waals surface area (Å²) in [5, 5.41) is 18.2. The molecule has 0 heterocycles. The topological polar surface area (TPSA) is 64.3 Å². The van der Waals surface area contributed by atoms with Crippen LogP contribution in [0, 0.1) is 18.3 Å². The van der Waals surface area contributed by atoms with Gasteiger partial charge in [-0.05, 0) is 37.3 Å². The zero-order valence-corrected chi connectivity index (χ0v) is 11.3. The Morgan fingerprint density at radius 1 is 1.25 bits per heavy atom. The van der Waals surface area contributed by atoms with Gasteiger partial charge in [0, 0.05) is 12.7 Å². The minimum Gasteiger partial charge on any atom is -0.478 e. The highest BCUT2D eigenvalue weighted by Gasteiger charge is 2.15. The number of carboxylic acid groups (broad SMARTS) is 1. The third kappa shape index (κ3) is 2.62. The van der Waals surface area contributed by atoms with Crippen molar-refractivity contribution in [1.29, 1.82) is 5.26 Å². The molecule has 2 aromatic rings. The molecule has 100 valence electrons. The third-order valence-electron chi connectivity index (χ3n) is 3.11.